The van der Waals surface area contributed by atoms with Crippen molar-refractivity contribution < 1.29 is 49.7 Å². The first kappa shape index (κ1) is 27.5. The van der Waals surface area contributed by atoms with Gasteiger partial charge in [-0.25, -0.2) is 0 Å². The molecule has 1 heterocycles. The predicted molar refractivity (Wildman–Crippen MR) is 136 cm³/mol. The molecule has 0 amide bonds. The molecule has 11 heteroatoms. The van der Waals surface area contributed by atoms with Gasteiger partial charge in [0, 0.05) is 30.0 Å². The van der Waals surface area contributed by atoms with Crippen LogP contribution in [0.25, 0.3) is 0 Å². The number of ketones is 2. The molecule has 1 aliphatic heterocycles. The Morgan fingerprint density at radius 3 is 2.26 bits per heavy atom. The van der Waals surface area contributed by atoms with E-state index in [-0.39, 0.29) is 42.0 Å². The minimum absolute atomic E-state index is 0.0787. The molecule has 6 N–H and O–H groups in total. The number of likely N-dealkylation sites (N-methyl/N-ethyl adjacent to an activating group) is 1. The number of hydrogen-bond donors (Lipinski definition) is 6. The second-order valence-electron chi connectivity index (χ2n) is 10.9. The summed E-state index contributed by atoms with van der Waals surface area (Å²) in [4.78, 5) is 28.8. The predicted octanol–water partition coefficient (Wildman–Crippen LogP) is 1.64. The summed E-state index contributed by atoms with van der Waals surface area (Å²) in [7, 11) is 3.64. The molecule has 2 aromatic rings. The van der Waals surface area contributed by atoms with Crippen molar-refractivity contribution in [1.82, 2.24) is 4.90 Å². The van der Waals surface area contributed by atoms with Crippen molar-refractivity contribution in [3.05, 3.63) is 51.6 Å². The van der Waals surface area contributed by atoms with Crippen LogP contribution >= 0.6 is 0 Å². The number of phenols is 3. The summed E-state index contributed by atoms with van der Waals surface area (Å²) in [6.45, 7) is 3.37. The molecule has 0 radical (unpaired) electrons. The van der Waals surface area contributed by atoms with Gasteiger partial charge in [-0.3, -0.25) is 9.59 Å². The summed E-state index contributed by atoms with van der Waals surface area (Å²) in [5.41, 5.74) is -3.24. The van der Waals surface area contributed by atoms with Gasteiger partial charge in [0.15, 0.2) is 12.1 Å². The normalized spacial score (nSPS) is 32.1. The van der Waals surface area contributed by atoms with E-state index in [0.29, 0.717) is 0 Å². The maximum Gasteiger partial charge on any atom is 0.202 e. The molecule has 2 aliphatic carbocycles. The Kier molecular flexibility index (Phi) is 6.73. The highest BCUT2D eigenvalue weighted by Gasteiger charge is 2.50. The van der Waals surface area contributed by atoms with Gasteiger partial charge in [-0.15, -0.1) is 0 Å². The van der Waals surface area contributed by atoms with E-state index in [0.717, 1.165) is 12.1 Å². The highest BCUT2D eigenvalue weighted by atomic mass is 16.7. The molecule has 0 saturated carbocycles. The van der Waals surface area contributed by atoms with Crippen LogP contribution < -0.4 is 0 Å². The highest BCUT2D eigenvalue weighted by Crippen LogP contribution is 2.53. The number of nitrogens with zero attached hydrogens (tertiary/aromatic N) is 1. The third-order valence-electron chi connectivity index (χ3n) is 8.39. The molecule has 3 aliphatic rings. The summed E-state index contributed by atoms with van der Waals surface area (Å²) >= 11 is 0. The summed E-state index contributed by atoms with van der Waals surface area (Å²) in [5.74, 6) is -3.46. The SMILES string of the molecule is CC[C@@]1(O)C[C@@H](O[C@@H]2C[C@H](N(C)C)[C@@H](O)[C@@H](C)O2)c2cc3c(c(O)c2[C@H]1O)C(=O)c1c(O)ccc(O)c1C3=O. The first-order valence-corrected chi connectivity index (χ1v) is 12.9. The van der Waals surface area contributed by atoms with E-state index in [1.54, 1.807) is 13.8 Å². The van der Waals surface area contributed by atoms with Gasteiger partial charge < -0.3 is 45.0 Å². The fourth-order valence-electron chi connectivity index (χ4n) is 6.05. The van der Waals surface area contributed by atoms with Gasteiger partial charge >= 0.3 is 0 Å². The minimum atomic E-state index is -1.75. The largest absolute Gasteiger partial charge is 0.507 e. The van der Waals surface area contributed by atoms with E-state index in [2.05, 4.69) is 0 Å². The smallest absolute Gasteiger partial charge is 0.202 e. The molecule has 7 atom stereocenters. The maximum atomic E-state index is 13.5. The third-order valence-corrected chi connectivity index (χ3v) is 8.39. The molecule has 210 valence electrons. The molecule has 1 saturated heterocycles. The average Bonchev–Trinajstić information content (AvgIpc) is 2.88. The first-order valence-electron chi connectivity index (χ1n) is 12.9. The Balaban J connectivity index is 1.64. The van der Waals surface area contributed by atoms with Crippen LogP contribution in [0.3, 0.4) is 0 Å². The topological polar surface area (TPSA) is 177 Å². The van der Waals surface area contributed by atoms with Crippen LogP contribution in [0.2, 0.25) is 0 Å². The standard InChI is InChI=1S/C28H33NO10/c1-5-28(37)10-17(39-18-9-14(29(3)4)23(32)11(2)38-18)12-8-13-19(25(34)20(12)27(28)36)26(35)22-16(31)7-6-15(30)21(22)24(13)33/h6-8,11,14,17-18,23,27,30-32,34,36-37H,5,9-10H2,1-4H3/t11-,14+,17-,18-,23+,27-,28-/m1/s1. The number of carbonyl (C=O) groups excluding carboxylic acids is 2. The van der Waals surface area contributed by atoms with Crippen molar-refractivity contribution in [1.29, 1.82) is 0 Å². The van der Waals surface area contributed by atoms with Crippen LogP contribution in [-0.2, 0) is 9.47 Å². The van der Waals surface area contributed by atoms with E-state index in [9.17, 15) is 40.2 Å². The average molecular weight is 544 g/mol. The van der Waals surface area contributed by atoms with Crippen molar-refractivity contribution in [3.8, 4) is 17.2 Å². The van der Waals surface area contributed by atoms with Gasteiger partial charge in [0.1, 0.15) is 23.4 Å². The van der Waals surface area contributed by atoms with E-state index in [1.807, 2.05) is 19.0 Å². The van der Waals surface area contributed by atoms with Crippen LogP contribution in [0, 0.1) is 0 Å². The number of aliphatic hydroxyl groups excluding tert-OH is 2. The maximum absolute atomic E-state index is 13.5. The lowest BCUT2D eigenvalue weighted by molar-refractivity contribution is -0.261. The summed E-state index contributed by atoms with van der Waals surface area (Å²) < 4.78 is 12.2. The Morgan fingerprint density at radius 2 is 1.67 bits per heavy atom. The summed E-state index contributed by atoms with van der Waals surface area (Å²) in [6.07, 6.45) is -4.50. The van der Waals surface area contributed by atoms with Crippen molar-refractivity contribution in [2.24, 2.45) is 0 Å². The first-order chi connectivity index (χ1) is 18.3. The number of carbonyl (C=O) groups is 2. The molecule has 5 rings (SSSR count). The zero-order chi connectivity index (χ0) is 28.5. The Bertz CT molecular complexity index is 1360. The van der Waals surface area contributed by atoms with Crippen LogP contribution in [0.5, 0.6) is 17.2 Å². The second kappa shape index (κ2) is 9.54. The van der Waals surface area contributed by atoms with Gasteiger partial charge in [0.2, 0.25) is 5.78 Å². The number of hydrogen-bond acceptors (Lipinski definition) is 11. The highest BCUT2D eigenvalue weighted by molar-refractivity contribution is 6.31. The number of benzene rings is 2. The zero-order valence-corrected chi connectivity index (χ0v) is 22.1. The van der Waals surface area contributed by atoms with Gasteiger partial charge in [0.25, 0.3) is 0 Å². The van der Waals surface area contributed by atoms with Gasteiger partial charge in [0.05, 0.1) is 40.6 Å². The number of ether oxygens (including phenoxy) is 2. The third kappa shape index (κ3) is 4.12. The molecular weight excluding hydrogens is 510 g/mol. The Hall–Kier alpha value is -3.06. The van der Waals surface area contributed by atoms with Crippen molar-refractivity contribution in [2.75, 3.05) is 14.1 Å². The summed E-state index contributed by atoms with van der Waals surface area (Å²) in [5, 5.41) is 65.1. The molecular formula is C28H33NO10. The van der Waals surface area contributed by atoms with Crippen LogP contribution in [0.1, 0.15) is 88.3 Å². The molecule has 0 bridgehead atoms. The van der Waals surface area contributed by atoms with E-state index in [4.69, 9.17) is 9.47 Å². The van der Waals surface area contributed by atoms with Crippen molar-refractivity contribution in [2.45, 2.75) is 75.5 Å². The van der Waals surface area contributed by atoms with E-state index < -0.39 is 81.8 Å². The monoisotopic (exact) mass is 543 g/mol. The molecule has 1 fully saturated rings. The van der Waals surface area contributed by atoms with Gasteiger partial charge in [-0.05, 0) is 51.2 Å². The van der Waals surface area contributed by atoms with E-state index in [1.165, 1.54) is 6.07 Å². The van der Waals surface area contributed by atoms with Crippen molar-refractivity contribution >= 4 is 11.6 Å². The quantitative estimate of drug-likeness (QED) is 0.264. The Morgan fingerprint density at radius 1 is 1.05 bits per heavy atom. The number of aliphatic hydroxyl groups is 3. The number of phenolic OH excluding ortho intramolecular Hbond substituents is 3. The second-order valence-corrected chi connectivity index (χ2v) is 10.9. The minimum Gasteiger partial charge on any atom is -0.507 e. The van der Waals surface area contributed by atoms with Crippen LogP contribution in [-0.4, -0.2) is 91.3 Å². The molecule has 0 spiro atoms. The Labute approximate surface area is 224 Å². The fraction of sp³-hybridized carbons (Fsp3) is 0.500. The fourth-order valence-corrected chi connectivity index (χ4v) is 6.05. The van der Waals surface area contributed by atoms with E-state index >= 15 is 0 Å². The number of fused-ring (bicyclic) bond motifs is 3. The molecule has 0 aromatic heterocycles. The molecule has 2 aromatic carbocycles. The van der Waals surface area contributed by atoms with Crippen LogP contribution in [0.4, 0.5) is 0 Å². The zero-order valence-electron chi connectivity index (χ0n) is 22.1. The van der Waals surface area contributed by atoms with Gasteiger partial charge in [-0.2, -0.15) is 0 Å². The molecule has 0 unspecified atom stereocenters. The van der Waals surface area contributed by atoms with Crippen LogP contribution in [0.15, 0.2) is 18.2 Å². The summed E-state index contributed by atoms with van der Waals surface area (Å²) in [6, 6.07) is 3.19. The van der Waals surface area contributed by atoms with Crippen molar-refractivity contribution in [3.63, 3.8) is 0 Å². The molecule has 11 nitrogen and oxygen atoms in total. The number of rotatable bonds is 4. The lowest BCUT2D eigenvalue weighted by Crippen LogP contribution is -2.54. The lowest BCUT2D eigenvalue weighted by Gasteiger charge is -2.45. The number of aromatic hydroxyl groups is 3. The molecule has 39 heavy (non-hydrogen) atoms. The van der Waals surface area contributed by atoms with Gasteiger partial charge in [-0.1, -0.05) is 6.92 Å². The lowest BCUT2D eigenvalue weighted by atomic mass is 9.71.